The molecule has 0 saturated carbocycles. The van der Waals surface area contributed by atoms with E-state index in [2.05, 4.69) is 23.6 Å². The fraction of sp³-hybridized carbons (Fsp3) is 0.800. The summed E-state index contributed by atoms with van der Waals surface area (Å²) in [6.45, 7) is 22.6. The number of benzene rings is 1. The Morgan fingerprint density at radius 1 is 1.07 bits per heavy atom. The molecule has 4 saturated heterocycles. The Balaban J connectivity index is 1.33. The number of aliphatic hydroxyl groups excluding tert-OH is 2. The summed E-state index contributed by atoms with van der Waals surface area (Å²) in [7, 11) is 5.06. The van der Waals surface area contributed by atoms with Crippen molar-refractivity contribution >= 4 is 17.9 Å². The predicted molar refractivity (Wildman–Crippen MR) is 271 cm³/mol. The molecule has 1 aromatic rings. The highest BCUT2D eigenvalue weighted by atomic mass is 16.7. The second kappa shape index (κ2) is 25.3. The number of morpholine rings is 1. The Morgan fingerprint density at radius 2 is 1.78 bits per heavy atom. The van der Waals surface area contributed by atoms with Crippen molar-refractivity contribution in [1.29, 1.82) is 0 Å². The number of fused-ring (bicyclic) bond motifs is 4. The van der Waals surface area contributed by atoms with Crippen LogP contribution in [-0.2, 0) is 65.2 Å². The zero-order chi connectivity index (χ0) is 54.6. The SMILES string of the molecule is CC[C@@H](OC(=O)[C@H](C)[C@@H](O[C@H]1C[C@@](C)(OC)[C@@H](O)[C@H](C)O1)[C@H](C)[C@H]1O[C@@H]2O[C@H](C)C[C@@H](OC(=O)CC/C(C)=C/Cc3c(O)c4c(c(C)c3OC)COC4=O)[C@@H]2N2CCOCC2[C@@]1(O)C[C@@H](C)CN(C)CC)C(C)O. The topological polar surface area (TPSA) is 231 Å². The largest absolute Gasteiger partial charge is 0.507 e. The van der Waals surface area contributed by atoms with Crippen LogP contribution in [0.3, 0.4) is 0 Å². The van der Waals surface area contributed by atoms with E-state index in [1.165, 1.54) is 14.2 Å². The number of phenols is 1. The van der Waals surface area contributed by atoms with Crippen molar-refractivity contribution in [3.05, 3.63) is 33.9 Å². The van der Waals surface area contributed by atoms with Crippen LogP contribution in [0.15, 0.2) is 11.6 Å². The molecular weight excluding hydrogens is 961 g/mol. The zero-order valence-electron chi connectivity index (χ0n) is 46.4. The van der Waals surface area contributed by atoms with Gasteiger partial charge in [0.2, 0.25) is 0 Å². The number of methoxy groups -OCH3 is 2. The van der Waals surface area contributed by atoms with Crippen LogP contribution in [-0.4, -0.2) is 187 Å². The van der Waals surface area contributed by atoms with Gasteiger partial charge in [-0.05, 0) is 99.2 Å². The van der Waals surface area contributed by atoms with Crippen LogP contribution in [0.2, 0.25) is 0 Å². The summed E-state index contributed by atoms with van der Waals surface area (Å²) in [5.74, 6) is -3.18. The lowest BCUT2D eigenvalue weighted by atomic mass is 9.72. The summed E-state index contributed by atoms with van der Waals surface area (Å²) >= 11 is 0. The fourth-order valence-corrected chi connectivity index (χ4v) is 12.1. The first-order valence-electron chi connectivity index (χ1n) is 26.8. The minimum atomic E-state index is -1.68. The summed E-state index contributed by atoms with van der Waals surface area (Å²) in [5, 5.41) is 46.7. The number of allylic oxidation sites excluding steroid dienone is 2. The van der Waals surface area contributed by atoms with Crippen LogP contribution in [0.5, 0.6) is 11.5 Å². The van der Waals surface area contributed by atoms with E-state index < -0.39 is 114 Å². The van der Waals surface area contributed by atoms with E-state index in [0.29, 0.717) is 55.8 Å². The van der Waals surface area contributed by atoms with Gasteiger partial charge in [-0.15, -0.1) is 0 Å². The van der Waals surface area contributed by atoms with E-state index in [0.717, 1.165) is 17.7 Å². The van der Waals surface area contributed by atoms with Crippen LogP contribution >= 0.6 is 0 Å². The molecule has 5 aliphatic rings. The average Bonchev–Trinajstić information content (AvgIpc) is 3.71. The fourth-order valence-electron chi connectivity index (χ4n) is 12.1. The second-order valence-corrected chi connectivity index (χ2v) is 22.1. The number of carbonyl (C=O) groups excluding carboxylic acids is 3. The maximum atomic E-state index is 14.3. The Kier molecular flexibility index (Phi) is 20.5. The number of carbonyl (C=O) groups is 3. The van der Waals surface area contributed by atoms with Gasteiger partial charge in [0.05, 0.1) is 74.4 Å². The second-order valence-electron chi connectivity index (χ2n) is 22.1. The van der Waals surface area contributed by atoms with Crippen molar-refractivity contribution in [2.45, 2.75) is 212 Å². The molecule has 4 N–H and O–H groups in total. The summed E-state index contributed by atoms with van der Waals surface area (Å²) in [4.78, 5) is 45.2. The standard InChI is InChI=1S/C55H88N2O17/c1-15-39(35(9)58)72-51(62)34(8)47(73-43-25-54(11,66-14)49(61)36(10)70-43)33(7)50-55(64,24-30(4)26-56(12)16-2)41-28-67-22-21-57(41)45-40(23-31(5)69-53(45)74-50)71-42(59)20-18-29(3)17-19-37-46(60)44-38(27-68-52(44)63)32(6)48(37)65-13/h17,30-31,33-36,39-41,43,45,47,49-50,53,58,60-61,64H,15-16,18-28H2,1-14H3/b29-17+/t30-,31-,33+,34-,35?,36+,39-,40-,41?,43+,45+,47+,49+,50-,53+,54-,55+/m1/s1. The maximum absolute atomic E-state index is 14.3. The molecule has 420 valence electrons. The number of rotatable bonds is 22. The first kappa shape index (κ1) is 59.8. The Hall–Kier alpha value is -3.47. The van der Waals surface area contributed by atoms with Crippen molar-refractivity contribution in [3.8, 4) is 11.5 Å². The molecule has 4 fully saturated rings. The number of hydrogen-bond acceptors (Lipinski definition) is 19. The molecule has 6 rings (SSSR count). The van der Waals surface area contributed by atoms with Crippen LogP contribution in [0, 0.1) is 24.7 Å². The number of nitrogens with zero attached hydrogens (tertiary/aromatic N) is 2. The molecule has 74 heavy (non-hydrogen) atoms. The molecule has 0 aliphatic carbocycles. The number of aliphatic hydroxyl groups is 3. The van der Waals surface area contributed by atoms with Gasteiger partial charge in [-0.25, -0.2) is 4.79 Å². The smallest absolute Gasteiger partial charge is 0.342 e. The monoisotopic (exact) mass is 1050 g/mol. The van der Waals surface area contributed by atoms with Crippen molar-refractivity contribution in [2.24, 2.45) is 17.8 Å². The van der Waals surface area contributed by atoms with Gasteiger partial charge in [0.1, 0.15) is 47.6 Å². The first-order chi connectivity index (χ1) is 34.9. The zero-order valence-corrected chi connectivity index (χ0v) is 46.4. The number of hydrogen-bond donors (Lipinski definition) is 4. The lowest BCUT2D eigenvalue weighted by Crippen LogP contribution is -2.68. The molecule has 19 nitrogen and oxygen atoms in total. The highest BCUT2D eigenvalue weighted by Crippen LogP contribution is 2.47. The first-order valence-corrected chi connectivity index (χ1v) is 26.8. The van der Waals surface area contributed by atoms with E-state index >= 15 is 0 Å². The normalized spacial score (nSPS) is 33.0. The van der Waals surface area contributed by atoms with Crippen LogP contribution in [0.1, 0.15) is 135 Å². The minimum Gasteiger partial charge on any atom is -0.507 e. The molecular formula is C55H88N2O17. The highest BCUT2D eigenvalue weighted by molar-refractivity contribution is 5.98. The van der Waals surface area contributed by atoms with Gasteiger partial charge in [-0.1, -0.05) is 39.3 Å². The van der Waals surface area contributed by atoms with Crippen LogP contribution in [0.4, 0.5) is 0 Å². The van der Waals surface area contributed by atoms with Crippen molar-refractivity contribution in [2.75, 3.05) is 54.1 Å². The van der Waals surface area contributed by atoms with E-state index in [-0.39, 0.29) is 56.1 Å². The van der Waals surface area contributed by atoms with E-state index in [4.69, 9.17) is 47.4 Å². The molecule has 0 bridgehead atoms. The Morgan fingerprint density at radius 3 is 2.43 bits per heavy atom. The molecule has 0 aromatic heterocycles. The molecule has 2 unspecified atom stereocenters. The maximum Gasteiger partial charge on any atom is 0.342 e. The molecule has 0 amide bonds. The predicted octanol–water partition coefficient (Wildman–Crippen LogP) is 5.13. The number of ether oxygens (including phenoxy) is 10. The summed E-state index contributed by atoms with van der Waals surface area (Å²) < 4.78 is 62.6. The van der Waals surface area contributed by atoms with Gasteiger partial charge < -0.3 is 72.7 Å². The number of cyclic esters (lactones) is 1. The van der Waals surface area contributed by atoms with Gasteiger partial charge in [0.15, 0.2) is 12.6 Å². The highest BCUT2D eigenvalue weighted by Gasteiger charge is 2.61. The van der Waals surface area contributed by atoms with Crippen molar-refractivity contribution in [1.82, 2.24) is 9.80 Å². The molecule has 1 aromatic carbocycles. The third-order valence-electron chi connectivity index (χ3n) is 16.5. The Bertz CT molecular complexity index is 2120. The number of esters is 3. The number of phenolic OH excluding ortho intramolecular Hbond substituents is 1. The van der Waals surface area contributed by atoms with E-state index in [1.54, 1.807) is 27.7 Å². The average molecular weight is 1050 g/mol. The molecule has 5 aliphatic heterocycles. The third kappa shape index (κ3) is 12.9. The lowest BCUT2D eigenvalue weighted by molar-refractivity contribution is -0.309. The van der Waals surface area contributed by atoms with Crippen molar-refractivity contribution < 1.29 is 82.2 Å². The summed E-state index contributed by atoms with van der Waals surface area (Å²) in [6.07, 6.45) is -5.05. The molecule has 5 heterocycles. The van der Waals surface area contributed by atoms with Gasteiger partial charge in [0.25, 0.3) is 0 Å². The summed E-state index contributed by atoms with van der Waals surface area (Å²) in [6, 6.07) is -1.37. The Labute approximate surface area is 438 Å². The van der Waals surface area contributed by atoms with Gasteiger partial charge in [-0.2, -0.15) is 0 Å². The quantitative estimate of drug-likeness (QED) is 0.0670. The van der Waals surface area contributed by atoms with Crippen molar-refractivity contribution in [3.63, 3.8) is 0 Å². The van der Waals surface area contributed by atoms with Crippen LogP contribution < -0.4 is 4.74 Å². The van der Waals surface area contributed by atoms with Gasteiger partial charge >= 0.3 is 17.9 Å². The molecule has 0 spiro atoms. The molecule has 0 radical (unpaired) electrons. The summed E-state index contributed by atoms with van der Waals surface area (Å²) in [5.41, 5.74) is 0.0658. The van der Waals surface area contributed by atoms with Gasteiger partial charge in [-0.3, -0.25) is 14.5 Å². The minimum absolute atomic E-state index is 0.0471. The molecule has 19 heteroatoms. The van der Waals surface area contributed by atoms with Crippen LogP contribution in [0.25, 0.3) is 0 Å². The van der Waals surface area contributed by atoms with E-state index in [9.17, 15) is 34.8 Å². The number of aromatic hydroxyl groups is 1. The lowest BCUT2D eigenvalue weighted by Gasteiger charge is -2.51. The van der Waals surface area contributed by atoms with Gasteiger partial charge in [0, 0.05) is 56.5 Å². The third-order valence-corrected chi connectivity index (χ3v) is 16.5. The van der Waals surface area contributed by atoms with E-state index in [1.807, 2.05) is 47.7 Å². The molecule has 17 atom stereocenters.